The molecule has 0 fully saturated rings. The second-order valence-corrected chi connectivity index (χ2v) is 6.38. The van der Waals surface area contributed by atoms with Crippen LogP contribution in [0.2, 0.25) is 0 Å². The number of benzene rings is 1. The van der Waals surface area contributed by atoms with Crippen LogP contribution in [0.1, 0.15) is 24.8 Å². The molecule has 0 spiro atoms. The first-order valence-electron chi connectivity index (χ1n) is 6.58. The monoisotopic (exact) mass is 296 g/mol. The van der Waals surface area contributed by atoms with Gasteiger partial charge >= 0.3 is 0 Å². The molecule has 0 amide bonds. The predicted molar refractivity (Wildman–Crippen MR) is 78.6 cm³/mol. The fourth-order valence-corrected chi connectivity index (χ4v) is 3.14. The first-order valence-corrected chi connectivity index (χ1v) is 7.63. The van der Waals surface area contributed by atoms with Gasteiger partial charge in [-0.05, 0) is 29.4 Å². The smallest absolute Gasteiger partial charge is 0.126 e. The van der Waals surface area contributed by atoms with Gasteiger partial charge in [0.2, 0.25) is 0 Å². The highest BCUT2D eigenvalue weighted by atomic mass is 32.2. The van der Waals surface area contributed by atoms with Crippen LogP contribution in [0.5, 0.6) is 0 Å². The van der Waals surface area contributed by atoms with Gasteiger partial charge in [0.15, 0.2) is 0 Å². The van der Waals surface area contributed by atoms with Crippen molar-refractivity contribution in [2.24, 2.45) is 5.92 Å². The number of rotatable bonds is 6. The zero-order chi connectivity index (χ0) is 14.5. The van der Waals surface area contributed by atoms with E-state index in [4.69, 9.17) is 0 Å². The molecule has 2 aromatic rings. The van der Waals surface area contributed by atoms with Gasteiger partial charge < -0.3 is 4.57 Å². The number of imidazole rings is 1. The lowest BCUT2D eigenvalue weighted by atomic mass is 10.1. The maximum atomic E-state index is 13.3. The molecule has 0 aliphatic rings. The molecule has 20 heavy (non-hydrogen) atoms. The van der Waals surface area contributed by atoms with Crippen LogP contribution in [0.4, 0.5) is 8.78 Å². The summed E-state index contributed by atoms with van der Waals surface area (Å²) in [6, 6.07) is 3.68. The van der Waals surface area contributed by atoms with Crippen molar-refractivity contribution in [2.75, 3.05) is 5.75 Å². The maximum absolute atomic E-state index is 13.3. The Morgan fingerprint density at radius 3 is 2.45 bits per heavy atom. The summed E-state index contributed by atoms with van der Waals surface area (Å²) in [4.78, 5) is 4.05. The summed E-state index contributed by atoms with van der Waals surface area (Å²) in [6.07, 6.45) is 5.92. The molecule has 0 aliphatic heterocycles. The Morgan fingerprint density at radius 1 is 1.20 bits per heavy atom. The van der Waals surface area contributed by atoms with Crippen molar-refractivity contribution < 1.29 is 8.78 Å². The molecular formula is C15H18F2N2S. The van der Waals surface area contributed by atoms with Crippen LogP contribution < -0.4 is 0 Å². The largest absolute Gasteiger partial charge is 0.325 e. The molecule has 1 aromatic heterocycles. The fraction of sp³-hybridized carbons (Fsp3) is 0.400. The van der Waals surface area contributed by atoms with E-state index in [0.717, 1.165) is 11.8 Å². The molecule has 1 atom stereocenters. The average molecular weight is 296 g/mol. The van der Waals surface area contributed by atoms with Gasteiger partial charge in [-0.25, -0.2) is 13.8 Å². The number of halogens is 2. The Hall–Kier alpha value is -1.36. The molecule has 108 valence electrons. The van der Waals surface area contributed by atoms with Gasteiger partial charge in [0, 0.05) is 24.9 Å². The van der Waals surface area contributed by atoms with E-state index in [-0.39, 0.29) is 5.37 Å². The molecule has 0 aliphatic carbocycles. The molecule has 0 radical (unpaired) electrons. The Balaban J connectivity index is 2.14. The van der Waals surface area contributed by atoms with Gasteiger partial charge in [0.25, 0.3) is 0 Å². The van der Waals surface area contributed by atoms with E-state index in [1.807, 2.05) is 10.8 Å². The Kier molecular flexibility index (Phi) is 5.17. The third kappa shape index (κ3) is 4.34. The molecule has 0 N–H and O–H groups in total. The Labute approximate surface area is 122 Å². The molecule has 2 rings (SSSR count). The summed E-state index contributed by atoms with van der Waals surface area (Å²) in [5.41, 5.74) is 0.664. The molecule has 0 saturated heterocycles. The lowest BCUT2D eigenvalue weighted by Crippen LogP contribution is -2.09. The minimum Gasteiger partial charge on any atom is -0.325 e. The first-order chi connectivity index (χ1) is 9.54. The standard InChI is InChI=1S/C15H18F2N2S/c1-11(2)9-20-15(19-4-3-18-10-19)7-12-5-13(16)8-14(17)6-12/h3-6,8,10-11,15H,7,9H2,1-2H3. The first kappa shape index (κ1) is 15.0. The fourth-order valence-electron chi connectivity index (χ4n) is 1.92. The summed E-state index contributed by atoms with van der Waals surface area (Å²) in [6.45, 7) is 4.31. The van der Waals surface area contributed by atoms with E-state index >= 15 is 0 Å². The van der Waals surface area contributed by atoms with Gasteiger partial charge in [-0.1, -0.05) is 13.8 Å². The van der Waals surface area contributed by atoms with Crippen molar-refractivity contribution in [2.45, 2.75) is 25.6 Å². The summed E-state index contributed by atoms with van der Waals surface area (Å²) >= 11 is 1.77. The number of aromatic nitrogens is 2. The van der Waals surface area contributed by atoms with Gasteiger partial charge in [0.1, 0.15) is 11.6 Å². The number of hydrogen-bond acceptors (Lipinski definition) is 2. The minimum atomic E-state index is -0.529. The van der Waals surface area contributed by atoms with E-state index in [0.29, 0.717) is 17.9 Å². The lowest BCUT2D eigenvalue weighted by molar-refractivity contribution is 0.575. The lowest BCUT2D eigenvalue weighted by Gasteiger charge is -2.19. The van der Waals surface area contributed by atoms with Crippen LogP contribution in [0, 0.1) is 17.6 Å². The highest BCUT2D eigenvalue weighted by Gasteiger charge is 2.14. The van der Waals surface area contributed by atoms with Crippen LogP contribution in [-0.4, -0.2) is 15.3 Å². The van der Waals surface area contributed by atoms with E-state index in [9.17, 15) is 8.78 Å². The second kappa shape index (κ2) is 6.88. The van der Waals surface area contributed by atoms with Crippen LogP contribution in [-0.2, 0) is 6.42 Å². The van der Waals surface area contributed by atoms with Crippen LogP contribution in [0.15, 0.2) is 36.9 Å². The zero-order valence-electron chi connectivity index (χ0n) is 11.6. The normalized spacial score (nSPS) is 12.8. The molecule has 1 heterocycles. The number of hydrogen-bond donors (Lipinski definition) is 0. The van der Waals surface area contributed by atoms with Crippen LogP contribution >= 0.6 is 11.8 Å². The molecule has 1 aromatic carbocycles. The molecule has 2 nitrogen and oxygen atoms in total. The van der Waals surface area contributed by atoms with Gasteiger partial charge in [-0.2, -0.15) is 0 Å². The van der Waals surface area contributed by atoms with E-state index in [1.54, 1.807) is 24.3 Å². The van der Waals surface area contributed by atoms with Crippen molar-refractivity contribution in [3.05, 3.63) is 54.1 Å². The van der Waals surface area contributed by atoms with E-state index < -0.39 is 11.6 Å². The predicted octanol–water partition coefficient (Wildman–Crippen LogP) is 4.29. The Morgan fingerprint density at radius 2 is 1.90 bits per heavy atom. The summed E-state index contributed by atoms with van der Waals surface area (Å²) in [7, 11) is 0. The van der Waals surface area contributed by atoms with Crippen LogP contribution in [0.3, 0.4) is 0 Å². The highest BCUT2D eigenvalue weighted by molar-refractivity contribution is 7.99. The Bertz CT molecular complexity index is 521. The summed E-state index contributed by atoms with van der Waals surface area (Å²) in [5.74, 6) is 0.493. The summed E-state index contributed by atoms with van der Waals surface area (Å²) < 4.78 is 28.5. The average Bonchev–Trinajstić information content (AvgIpc) is 2.86. The minimum absolute atomic E-state index is 0.0982. The van der Waals surface area contributed by atoms with Crippen molar-refractivity contribution in [1.82, 2.24) is 9.55 Å². The third-order valence-corrected chi connectivity index (χ3v) is 4.47. The zero-order valence-corrected chi connectivity index (χ0v) is 12.4. The molecular weight excluding hydrogens is 278 g/mol. The van der Waals surface area contributed by atoms with Crippen molar-refractivity contribution in [3.63, 3.8) is 0 Å². The summed E-state index contributed by atoms with van der Waals surface area (Å²) in [5, 5.41) is 0.0982. The topological polar surface area (TPSA) is 17.8 Å². The molecule has 5 heteroatoms. The molecule has 0 saturated carbocycles. The second-order valence-electron chi connectivity index (χ2n) is 5.17. The number of nitrogens with zero attached hydrogens (tertiary/aromatic N) is 2. The maximum Gasteiger partial charge on any atom is 0.126 e. The van der Waals surface area contributed by atoms with Crippen molar-refractivity contribution in [3.8, 4) is 0 Å². The quantitative estimate of drug-likeness (QED) is 0.791. The number of thioether (sulfide) groups is 1. The molecule has 0 bridgehead atoms. The van der Waals surface area contributed by atoms with Crippen molar-refractivity contribution >= 4 is 11.8 Å². The highest BCUT2D eigenvalue weighted by Crippen LogP contribution is 2.29. The van der Waals surface area contributed by atoms with Gasteiger partial charge in [-0.3, -0.25) is 0 Å². The SMILES string of the molecule is CC(C)CSC(Cc1cc(F)cc(F)c1)n1ccnc1. The van der Waals surface area contributed by atoms with E-state index in [1.165, 1.54) is 12.1 Å². The third-order valence-electron chi connectivity index (χ3n) is 2.81. The molecule has 1 unspecified atom stereocenters. The van der Waals surface area contributed by atoms with Gasteiger partial charge in [0.05, 0.1) is 11.7 Å². The van der Waals surface area contributed by atoms with Crippen molar-refractivity contribution in [1.29, 1.82) is 0 Å². The van der Waals surface area contributed by atoms with Gasteiger partial charge in [-0.15, -0.1) is 11.8 Å². The van der Waals surface area contributed by atoms with Crippen LogP contribution in [0.25, 0.3) is 0 Å². The van der Waals surface area contributed by atoms with E-state index in [2.05, 4.69) is 18.8 Å².